The predicted molar refractivity (Wildman–Crippen MR) is 80.6 cm³/mol. The summed E-state index contributed by atoms with van der Waals surface area (Å²) in [4.78, 5) is 13.4. The Morgan fingerprint density at radius 3 is 2.24 bits per heavy atom. The van der Waals surface area contributed by atoms with E-state index in [0.717, 1.165) is 19.3 Å². The van der Waals surface area contributed by atoms with Crippen LogP contribution in [0, 0.1) is 5.92 Å². The van der Waals surface area contributed by atoms with Crippen molar-refractivity contribution in [3.05, 3.63) is 0 Å². The van der Waals surface area contributed by atoms with Gasteiger partial charge in [-0.25, -0.2) is 12.7 Å². The van der Waals surface area contributed by atoms with Gasteiger partial charge in [-0.05, 0) is 46.2 Å². The smallest absolute Gasteiger partial charge is 0.307 e. The molecule has 0 heterocycles. The molecule has 6 nitrogen and oxygen atoms in total. The molecule has 2 atom stereocenters. The second-order valence-corrected chi connectivity index (χ2v) is 8.95. The van der Waals surface area contributed by atoms with Gasteiger partial charge in [-0.15, -0.1) is 0 Å². The molecule has 1 N–H and O–H groups in total. The number of sulfonamides is 1. The van der Waals surface area contributed by atoms with Crippen molar-refractivity contribution in [1.82, 2.24) is 9.21 Å². The molecule has 0 aromatic carbocycles. The van der Waals surface area contributed by atoms with Crippen molar-refractivity contribution in [3.8, 4) is 0 Å². The molecular formula is C14H26N2O4S. The Balaban J connectivity index is 2.13. The minimum absolute atomic E-state index is 0.0842. The lowest BCUT2D eigenvalue weighted by atomic mass is 9.75. The molecule has 0 radical (unpaired) electrons. The first-order chi connectivity index (χ1) is 9.70. The standard InChI is InChI=1S/C14H26N2O4S/c1-15(2)14(8-5-9-14)10-16(3)21(19,20)12-7-4-6-11(12)13(17)18/h11-12H,4-10H2,1-3H3,(H,17,18). The molecule has 21 heavy (non-hydrogen) atoms. The summed E-state index contributed by atoms with van der Waals surface area (Å²) in [7, 11) is 2.01. The van der Waals surface area contributed by atoms with E-state index in [2.05, 4.69) is 4.90 Å². The van der Waals surface area contributed by atoms with E-state index in [9.17, 15) is 18.3 Å². The molecule has 2 aliphatic rings. The molecule has 2 rings (SSSR count). The van der Waals surface area contributed by atoms with Crippen LogP contribution in [0.5, 0.6) is 0 Å². The average molecular weight is 318 g/mol. The summed E-state index contributed by atoms with van der Waals surface area (Å²) in [6.07, 6.45) is 4.70. The third-order valence-corrected chi connectivity index (χ3v) is 7.66. The minimum Gasteiger partial charge on any atom is -0.481 e. The number of carboxylic acid groups (broad SMARTS) is 1. The zero-order valence-corrected chi connectivity index (χ0v) is 13.9. The Morgan fingerprint density at radius 2 is 1.81 bits per heavy atom. The third-order valence-electron chi connectivity index (χ3n) is 5.34. The van der Waals surface area contributed by atoms with Crippen molar-refractivity contribution in [2.45, 2.75) is 49.3 Å². The van der Waals surface area contributed by atoms with Gasteiger partial charge in [-0.1, -0.05) is 6.42 Å². The largest absolute Gasteiger partial charge is 0.481 e. The first-order valence-corrected chi connectivity index (χ1v) is 9.06. The van der Waals surface area contributed by atoms with Crippen molar-refractivity contribution < 1.29 is 18.3 Å². The van der Waals surface area contributed by atoms with Crippen molar-refractivity contribution in [3.63, 3.8) is 0 Å². The number of nitrogens with zero attached hydrogens (tertiary/aromatic N) is 2. The number of aliphatic carboxylic acids is 1. The van der Waals surface area contributed by atoms with Crippen molar-refractivity contribution >= 4 is 16.0 Å². The summed E-state index contributed by atoms with van der Waals surface area (Å²) < 4.78 is 26.9. The van der Waals surface area contributed by atoms with Crippen LogP contribution in [-0.4, -0.2) is 67.2 Å². The van der Waals surface area contributed by atoms with Gasteiger partial charge in [-0.3, -0.25) is 4.79 Å². The van der Waals surface area contributed by atoms with Crippen molar-refractivity contribution in [2.24, 2.45) is 5.92 Å². The summed E-state index contributed by atoms with van der Waals surface area (Å²) in [6, 6.07) is 0. The lowest BCUT2D eigenvalue weighted by Crippen LogP contribution is -2.58. The highest BCUT2D eigenvalue weighted by Gasteiger charge is 2.47. The highest BCUT2D eigenvalue weighted by Crippen LogP contribution is 2.39. The molecule has 0 aliphatic heterocycles. The van der Waals surface area contributed by atoms with Crippen LogP contribution in [-0.2, 0) is 14.8 Å². The fourth-order valence-corrected chi connectivity index (χ4v) is 5.65. The first-order valence-electron chi connectivity index (χ1n) is 7.56. The van der Waals surface area contributed by atoms with Gasteiger partial charge in [-0.2, -0.15) is 0 Å². The molecule has 0 amide bonds. The molecule has 2 saturated carbocycles. The molecule has 2 aliphatic carbocycles. The van der Waals surface area contributed by atoms with Crippen molar-refractivity contribution in [1.29, 1.82) is 0 Å². The number of carbonyl (C=O) groups is 1. The van der Waals surface area contributed by atoms with E-state index in [1.165, 1.54) is 4.31 Å². The van der Waals surface area contributed by atoms with Gasteiger partial charge in [0.1, 0.15) is 0 Å². The summed E-state index contributed by atoms with van der Waals surface area (Å²) in [6.45, 7) is 0.450. The van der Waals surface area contributed by atoms with Gasteiger partial charge >= 0.3 is 5.97 Å². The van der Waals surface area contributed by atoms with Crippen LogP contribution in [0.1, 0.15) is 38.5 Å². The van der Waals surface area contributed by atoms with E-state index in [1.54, 1.807) is 7.05 Å². The normalized spacial score (nSPS) is 28.8. The Hall–Kier alpha value is -0.660. The Morgan fingerprint density at radius 1 is 1.19 bits per heavy atom. The topological polar surface area (TPSA) is 77.9 Å². The maximum absolute atomic E-state index is 12.7. The molecule has 2 unspecified atom stereocenters. The predicted octanol–water partition coefficient (Wildman–Crippen LogP) is 0.986. The molecule has 0 bridgehead atoms. The Bertz CT molecular complexity index is 499. The first kappa shape index (κ1) is 16.7. The molecule has 2 fully saturated rings. The Kier molecular flexibility index (Phi) is 4.66. The molecule has 7 heteroatoms. The Labute approximate surface area is 127 Å². The van der Waals surface area contributed by atoms with Crippen LogP contribution in [0.4, 0.5) is 0 Å². The molecule has 122 valence electrons. The van der Waals surface area contributed by atoms with E-state index in [4.69, 9.17) is 0 Å². The average Bonchev–Trinajstić information content (AvgIpc) is 2.82. The van der Waals surface area contributed by atoms with Crippen molar-refractivity contribution in [2.75, 3.05) is 27.7 Å². The minimum atomic E-state index is -3.55. The number of hydrogen-bond donors (Lipinski definition) is 1. The molecule has 0 spiro atoms. The fourth-order valence-electron chi connectivity index (χ4n) is 3.63. The molecule has 0 saturated heterocycles. The van der Waals surface area contributed by atoms with Gasteiger partial charge < -0.3 is 10.0 Å². The quantitative estimate of drug-likeness (QED) is 0.790. The fraction of sp³-hybridized carbons (Fsp3) is 0.929. The van der Waals surface area contributed by atoms with Gasteiger partial charge in [0.15, 0.2) is 0 Å². The van der Waals surface area contributed by atoms with Gasteiger partial charge in [0.25, 0.3) is 0 Å². The molecular weight excluding hydrogens is 292 g/mol. The summed E-state index contributed by atoms with van der Waals surface area (Å²) in [5.41, 5.74) is -0.0842. The molecule has 0 aromatic rings. The highest BCUT2D eigenvalue weighted by molar-refractivity contribution is 7.89. The third kappa shape index (κ3) is 2.96. The zero-order valence-electron chi connectivity index (χ0n) is 13.1. The van der Waals surface area contributed by atoms with Gasteiger partial charge in [0, 0.05) is 19.1 Å². The van der Waals surface area contributed by atoms with E-state index in [1.807, 2.05) is 14.1 Å². The summed E-state index contributed by atoms with van der Waals surface area (Å²) in [5, 5.41) is 8.45. The number of rotatable bonds is 6. The monoisotopic (exact) mass is 318 g/mol. The van der Waals surface area contributed by atoms with Crippen LogP contribution in [0.25, 0.3) is 0 Å². The second-order valence-electron chi connectivity index (χ2n) is 6.69. The van der Waals surface area contributed by atoms with Gasteiger partial charge in [0.05, 0.1) is 11.2 Å². The van der Waals surface area contributed by atoms with Gasteiger partial charge in [0.2, 0.25) is 10.0 Å². The van der Waals surface area contributed by atoms with E-state index in [0.29, 0.717) is 25.8 Å². The summed E-state index contributed by atoms with van der Waals surface area (Å²) >= 11 is 0. The SMILES string of the molecule is CN(C)C1(CN(C)S(=O)(=O)C2CCCC2C(=O)O)CCC1. The van der Waals surface area contributed by atoms with Crippen LogP contribution in [0.15, 0.2) is 0 Å². The highest BCUT2D eigenvalue weighted by atomic mass is 32.2. The number of likely N-dealkylation sites (N-methyl/N-ethyl adjacent to an activating group) is 2. The number of carboxylic acids is 1. The summed E-state index contributed by atoms with van der Waals surface area (Å²) in [5.74, 6) is -1.74. The van der Waals surface area contributed by atoms with E-state index >= 15 is 0 Å². The lowest BCUT2D eigenvalue weighted by molar-refractivity contribution is -0.141. The lowest BCUT2D eigenvalue weighted by Gasteiger charge is -2.49. The molecule has 0 aromatic heterocycles. The maximum Gasteiger partial charge on any atom is 0.307 e. The zero-order chi connectivity index (χ0) is 15.8. The second kappa shape index (κ2) is 5.85. The van der Waals surface area contributed by atoms with Crippen LogP contribution in [0.3, 0.4) is 0 Å². The van der Waals surface area contributed by atoms with E-state index in [-0.39, 0.29) is 5.54 Å². The maximum atomic E-state index is 12.7. The van der Waals surface area contributed by atoms with Crippen LogP contribution >= 0.6 is 0 Å². The van der Waals surface area contributed by atoms with E-state index < -0.39 is 27.2 Å². The number of hydrogen-bond acceptors (Lipinski definition) is 4. The van der Waals surface area contributed by atoms with Crippen LogP contribution < -0.4 is 0 Å². The van der Waals surface area contributed by atoms with Crippen LogP contribution in [0.2, 0.25) is 0 Å².